The second kappa shape index (κ2) is 3.25. The van der Waals surface area contributed by atoms with E-state index in [1.807, 2.05) is 0 Å². The molecular formula is C12H21NO. The molecule has 2 atom stereocenters. The SMILES string of the molecule is CC(C)[C@@H]1CCC2(CC2)CC1C(N)=O. The highest BCUT2D eigenvalue weighted by molar-refractivity contribution is 5.77. The highest BCUT2D eigenvalue weighted by Crippen LogP contribution is 2.59. The van der Waals surface area contributed by atoms with Crippen LogP contribution in [-0.4, -0.2) is 5.91 Å². The molecule has 2 N–H and O–H groups in total. The Morgan fingerprint density at radius 2 is 2.00 bits per heavy atom. The molecule has 1 amide bonds. The number of nitrogens with two attached hydrogens (primary N) is 1. The van der Waals surface area contributed by atoms with Gasteiger partial charge in [-0.1, -0.05) is 13.8 Å². The van der Waals surface area contributed by atoms with Crippen LogP contribution in [-0.2, 0) is 4.79 Å². The molecule has 2 fully saturated rings. The zero-order valence-electron chi connectivity index (χ0n) is 9.25. The van der Waals surface area contributed by atoms with Crippen LogP contribution in [0.4, 0.5) is 0 Å². The second-order valence-electron chi connectivity index (χ2n) is 5.66. The standard InChI is InChI=1S/C12H21NO/c1-8(2)9-3-4-12(5-6-12)7-10(9)11(13)14/h8-10H,3-7H2,1-2H3,(H2,13,14)/t9-,10?/m0/s1. The predicted octanol–water partition coefficient (Wildman–Crippen LogP) is 2.32. The smallest absolute Gasteiger partial charge is 0.220 e. The summed E-state index contributed by atoms with van der Waals surface area (Å²) in [5, 5.41) is 0. The molecule has 2 aliphatic rings. The summed E-state index contributed by atoms with van der Waals surface area (Å²) in [5.74, 6) is 1.24. The van der Waals surface area contributed by atoms with E-state index in [9.17, 15) is 4.79 Å². The van der Waals surface area contributed by atoms with E-state index in [-0.39, 0.29) is 11.8 Å². The highest BCUT2D eigenvalue weighted by atomic mass is 16.1. The van der Waals surface area contributed by atoms with Gasteiger partial charge in [0.25, 0.3) is 0 Å². The molecular weight excluding hydrogens is 174 g/mol. The van der Waals surface area contributed by atoms with E-state index >= 15 is 0 Å². The maximum atomic E-state index is 11.4. The summed E-state index contributed by atoms with van der Waals surface area (Å²) < 4.78 is 0. The lowest BCUT2D eigenvalue weighted by atomic mass is 9.68. The van der Waals surface area contributed by atoms with Crippen molar-refractivity contribution in [3.05, 3.63) is 0 Å². The lowest BCUT2D eigenvalue weighted by Gasteiger charge is -2.37. The van der Waals surface area contributed by atoms with Gasteiger partial charge in [-0.05, 0) is 49.4 Å². The summed E-state index contributed by atoms with van der Waals surface area (Å²) in [7, 11) is 0. The topological polar surface area (TPSA) is 43.1 Å². The minimum absolute atomic E-state index is 0.0605. The summed E-state index contributed by atoms with van der Waals surface area (Å²) in [5.41, 5.74) is 6.05. The molecule has 2 aliphatic carbocycles. The molecule has 0 aromatic carbocycles. The maximum absolute atomic E-state index is 11.4. The predicted molar refractivity (Wildman–Crippen MR) is 56.5 cm³/mol. The van der Waals surface area contributed by atoms with Gasteiger partial charge in [-0.2, -0.15) is 0 Å². The van der Waals surface area contributed by atoms with Crippen LogP contribution in [0.2, 0.25) is 0 Å². The van der Waals surface area contributed by atoms with Crippen molar-refractivity contribution in [1.82, 2.24) is 0 Å². The van der Waals surface area contributed by atoms with Gasteiger partial charge in [0.1, 0.15) is 0 Å². The molecule has 0 aromatic heterocycles. The van der Waals surface area contributed by atoms with E-state index in [1.165, 1.54) is 25.7 Å². The van der Waals surface area contributed by atoms with Gasteiger partial charge in [-0.25, -0.2) is 0 Å². The first-order chi connectivity index (χ1) is 6.54. The number of carbonyl (C=O) groups is 1. The van der Waals surface area contributed by atoms with E-state index in [4.69, 9.17) is 5.73 Å². The first-order valence-corrected chi connectivity index (χ1v) is 5.83. The molecule has 1 unspecified atom stereocenters. The second-order valence-corrected chi connectivity index (χ2v) is 5.66. The lowest BCUT2D eigenvalue weighted by Crippen LogP contribution is -2.38. The van der Waals surface area contributed by atoms with E-state index in [2.05, 4.69) is 13.8 Å². The Hall–Kier alpha value is -0.530. The molecule has 1 spiro atoms. The summed E-state index contributed by atoms with van der Waals surface area (Å²) in [4.78, 5) is 11.4. The zero-order valence-corrected chi connectivity index (χ0v) is 9.25. The van der Waals surface area contributed by atoms with Gasteiger partial charge in [0.2, 0.25) is 5.91 Å². The van der Waals surface area contributed by atoms with Crippen LogP contribution in [0.25, 0.3) is 0 Å². The van der Waals surface area contributed by atoms with Gasteiger partial charge in [0, 0.05) is 5.92 Å². The van der Waals surface area contributed by atoms with Gasteiger partial charge >= 0.3 is 0 Å². The van der Waals surface area contributed by atoms with E-state index in [1.54, 1.807) is 0 Å². The number of hydrogen-bond acceptors (Lipinski definition) is 1. The summed E-state index contributed by atoms with van der Waals surface area (Å²) in [6.45, 7) is 4.43. The lowest BCUT2D eigenvalue weighted by molar-refractivity contribution is -0.126. The number of amides is 1. The van der Waals surface area contributed by atoms with Crippen LogP contribution in [0.15, 0.2) is 0 Å². The van der Waals surface area contributed by atoms with Crippen molar-refractivity contribution in [1.29, 1.82) is 0 Å². The molecule has 0 aliphatic heterocycles. The molecule has 0 heterocycles. The molecule has 2 rings (SSSR count). The monoisotopic (exact) mass is 195 g/mol. The van der Waals surface area contributed by atoms with E-state index < -0.39 is 0 Å². The third-order valence-electron chi connectivity index (χ3n) is 4.36. The van der Waals surface area contributed by atoms with Crippen molar-refractivity contribution in [2.75, 3.05) is 0 Å². The zero-order chi connectivity index (χ0) is 10.3. The fourth-order valence-corrected chi connectivity index (χ4v) is 3.13. The van der Waals surface area contributed by atoms with Crippen molar-refractivity contribution >= 4 is 5.91 Å². The number of carbonyl (C=O) groups excluding carboxylic acids is 1. The van der Waals surface area contributed by atoms with Crippen LogP contribution in [0.5, 0.6) is 0 Å². The third kappa shape index (κ3) is 1.67. The Morgan fingerprint density at radius 3 is 2.43 bits per heavy atom. The molecule has 2 heteroatoms. The van der Waals surface area contributed by atoms with Gasteiger partial charge in [-0.3, -0.25) is 4.79 Å². The third-order valence-corrected chi connectivity index (χ3v) is 4.36. The Morgan fingerprint density at radius 1 is 1.36 bits per heavy atom. The van der Waals surface area contributed by atoms with Crippen molar-refractivity contribution < 1.29 is 4.79 Å². The average Bonchev–Trinajstić information content (AvgIpc) is 2.84. The number of hydrogen-bond donors (Lipinski definition) is 1. The molecule has 80 valence electrons. The van der Waals surface area contributed by atoms with Gasteiger partial charge in [0.15, 0.2) is 0 Å². The minimum atomic E-state index is -0.0605. The summed E-state index contributed by atoms with van der Waals surface area (Å²) in [6.07, 6.45) is 6.29. The normalized spacial score (nSPS) is 34.8. The summed E-state index contributed by atoms with van der Waals surface area (Å²) in [6, 6.07) is 0. The van der Waals surface area contributed by atoms with Crippen molar-refractivity contribution in [2.24, 2.45) is 28.9 Å². The Kier molecular flexibility index (Phi) is 2.32. The molecule has 2 nitrogen and oxygen atoms in total. The largest absolute Gasteiger partial charge is 0.369 e. The molecule has 2 saturated carbocycles. The first kappa shape index (κ1) is 10.0. The van der Waals surface area contributed by atoms with Crippen molar-refractivity contribution in [3.63, 3.8) is 0 Å². The van der Waals surface area contributed by atoms with Crippen LogP contribution in [0, 0.1) is 23.2 Å². The Bertz CT molecular complexity index is 243. The van der Waals surface area contributed by atoms with Crippen LogP contribution in [0.3, 0.4) is 0 Å². The van der Waals surface area contributed by atoms with Crippen LogP contribution < -0.4 is 5.73 Å². The molecule has 0 aromatic rings. The van der Waals surface area contributed by atoms with E-state index in [0.29, 0.717) is 17.3 Å². The Labute approximate surface area is 86.2 Å². The quantitative estimate of drug-likeness (QED) is 0.722. The fourth-order valence-electron chi connectivity index (χ4n) is 3.13. The average molecular weight is 195 g/mol. The van der Waals surface area contributed by atoms with Gasteiger partial charge < -0.3 is 5.73 Å². The molecule has 0 bridgehead atoms. The van der Waals surface area contributed by atoms with Gasteiger partial charge in [-0.15, -0.1) is 0 Å². The first-order valence-electron chi connectivity index (χ1n) is 5.83. The Balaban J connectivity index is 2.08. The number of primary amides is 1. The molecule has 14 heavy (non-hydrogen) atoms. The van der Waals surface area contributed by atoms with Gasteiger partial charge in [0.05, 0.1) is 0 Å². The molecule has 0 saturated heterocycles. The highest BCUT2D eigenvalue weighted by Gasteiger charge is 2.50. The maximum Gasteiger partial charge on any atom is 0.220 e. The molecule has 0 radical (unpaired) electrons. The number of rotatable bonds is 2. The van der Waals surface area contributed by atoms with Crippen molar-refractivity contribution in [3.8, 4) is 0 Å². The van der Waals surface area contributed by atoms with Crippen molar-refractivity contribution in [2.45, 2.75) is 46.0 Å². The van der Waals surface area contributed by atoms with Crippen LogP contribution in [0.1, 0.15) is 46.0 Å². The van der Waals surface area contributed by atoms with E-state index in [0.717, 1.165) is 6.42 Å². The fraction of sp³-hybridized carbons (Fsp3) is 0.917. The summed E-state index contributed by atoms with van der Waals surface area (Å²) >= 11 is 0. The minimum Gasteiger partial charge on any atom is -0.369 e. The van der Waals surface area contributed by atoms with Crippen LogP contribution >= 0.6 is 0 Å².